The van der Waals surface area contributed by atoms with Crippen LogP contribution < -0.4 is 11.3 Å². The summed E-state index contributed by atoms with van der Waals surface area (Å²) in [5.74, 6) is 5.08. The smallest absolute Gasteiger partial charge is 0.243 e. The van der Waals surface area contributed by atoms with E-state index in [2.05, 4.69) is 0 Å². The van der Waals surface area contributed by atoms with Crippen LogP contribution in [0.2, 0.25) is 0 Å². The number of hydrogen-bond acceptors (Lipinski definition) is 4. The van der Waals surface area contributed by atoms with Crippen molar-refractivity contribution in [1.29, 1.82) is 5.26 Å². The van der Waals surface area contributed by atoms with Gasteiger partial charge in [0.2, 0.25) is 5.91 Å². The molecule has 0 bridgehead atoms. The number of carbonyl (C=O) groups excluding carboxylic acids is 1. The Kier molecular flexibility index (Phi) is 4.97. The van der Waals surface area contributed by atoms with Crippen LogP contribution in [0.25, 0.3) is 0 Å². The number of nitriles is 1. The summed E-state index contributed by atoms with van der Waals surface area (Å²) in [6, 6.07) is 1.89. The zero-order valence-corrected chi connectivity index (χ0v) is 5.57. The van der Waals surface area contributed by atoms with Gasteiger partial charge in [-0.3, -0.25) is 10.2 Å². The van der Waals surface area contributed by atoms with Gasteiger partial charge in [0, 0.05) is 0 Å². The Bertz CT molecular complexity index is 130. The predicted octanol–water partition coefficient (Wildman–Crippen LogP) is -0.767. The van der Waals surface area contributed by atoms with E-state index in [0.717, 1.165) is 0 Å². The molecule has 0 aliphatic carbocycles. The number of hydrogen-bond donors (Lipinski definition) is 2. The van der Waals surface area contributed by atoms with Crippen LogP contribution in [0, 0.1) is 11.3 Å². The van der Waals surface area contributed by atoms with E-state index < -0.39 is 0 Å². The second-order valence-electron chi connectivity index (χ2n) is 1.22. The Balaban J connectivity index is 3.09. The molecule has 5 heteroatoms. The van der Waals surface area contributed by atoms with Crippen LogP contribution in [0.15, 0.2) is 0 Å². The molecule has 0 aromatic rings. The Labute approximate surface area is 57.4 Å². The highest BCUT2D eigenvalue weighted by atomic mass is 32.2. The summed E-state index contributed by atoms with van der Waals surface area (Å²) in [4.78, 5) is 10.3. The molecule has 9 heavy (non-hydrogen) atoms. The van der Waals surface area contributed by atoms with E-state index in [0.29, 0.717) is 5.75 Å². The minimum absolute atomic E-state index is 0.254. The lowest BCUT2D eigenvalue weighted by Gasteiger charge is -1.93. The van der Waals surface area contributed by atoms with Gasteiger partial charge >= 0.3 is 0 Å². The van der Waals surface area contributed by atoms with Gasteiger partial charge < -0.3 is 0 Å². The first-order chi connectivity index (χ1) is 4.31. The topological polar surface area (TPSA) is 78.9 Å². The van der Waals surface area contributed by atoms with Crippen molar-refractivity contribution in [1.82, 2.24) is 5.43 Å². The number of nitrogens with two attached hydrogens (primary N) is 1. The second kappa shape index (κ2) is 5.41. The van der Waals surface area contributed by atoms with Crippen LogP contribution in [-0.4, -0.2) is 17.4 Å². The SMILES string of the molecule is N#CCSCC(=O)NN. The van der Waals surface area contributed by atoms with Crippen molar-refractivity contribution in [3.05, 3.63) is 0 Å². The minimum atomic E-state index is -0.254. The molecule has 0 aromatic carbocycles. The Morgan fingerprint density at radius 2 is 2.56 bits per heavy atom. The lowest BCUT2D eigenvalue weighted by molar-refractivity contribution is -0.118. The van der Waals surface area contributed by atoms with Gasteiger partial charge in [-0.05, 0) is 0 Å². The fraction of sp³-hybridized carbons (Fsp3) is 0.500. The average Bonchev–Trinajstić information content (AvgIpc) is 1.89. The molecule has 0 unspecified atom stereocenters. The fourth-order valence-corrected chi connectivity index (χ4v) is 0.693. The zero-order valence-electron chi connectivity index (χ0n) is 4.76. The van der Waals surface area contributed by atoms with Gasteiger partial charge in [-0.2, -0.15) is 5.26 Å². The van der Waals surface area contributed by atoms with Gasteiger partial charge in [-0.25, -0.2) is 5.84 Å². The highest BCUT2D eigenvalue weighted by Gasteiger charge is 1.95. The molecule has 0 atom stereocenters. The van der Waals surface area contributed by atoms with Crippen LogP contribution in [0.1, 0.15) is 0 Å². The molecule has 0 saturated carbocycles. The largest absolute Gasteiger partial charge is 0.294 e. The molecule has 3 N–H and O–H groups in total. The van der Waals surface area contributed by atoms with Crippen molar-refractivity contribution < 1.29 is 4.79 Å². The third-order valence-electron chi connectivity index (χ3n) is 0.561. The van der Waals surface area contributed by atoms with Crippen LogP contribution in [0.5, 0.6) is 0 Å². The van der Waals surface area contributed by atoms with Gasteiger partial charge in [0.1, 0.15) is 0 Å². The molecule has 0 spiro atoms. The molecule has 0 radical (unpaired) electrons. The van der Waals surface area contributed by atoms with Crippen LogP contribution in [0.3, 0.4) is 0 Å². The van der Waals surface area contributed by atoms with Gasteiger partial charge in [-0.15, -0.1) is 11.8 Å². The minimum Gasteiger partial charge on any atom is -0.294 e. The van der Waals surface area contributed by atoms with Crippen molar-refractivity contribution in [2.75, 3.05) is 11.5 Å². The highest BCUT2D eigenvalue weighted by molar-refractivity contribution is 8.00. The fourth-order valence-electron chi connectivity index (χ4n) is 0.231. The van der Waals surface area contributed by atoms with Crippen LogP contribution in [-0.2, 0) is 4.79 Å². The van der Waals surface area contributed by atoms with E-state index in [1.54, 1.807) is 0 Å². The first-order valence-electron chi connectivity index (χ1n) is 2.25. The summed E-state index contributed by atoms with van der Waals surface area (Å²) in [6.45, 7) is 0. The summed E-state index contributed by atoms with van der Waals surface area (Å²) < 4.78 is 0. The number of nitrogens with one attached hydrogen (secondary N) is 1. The summed E-state index contributed by atoms with van der Waals surface area (Å²) in [6.07, 6.45) is 0. The van der Waals surface area contributed by atoms with Gasteiger partial charge in [0.15, 0.2) is 0 Å². The zero-order chi connectivity index (χ0) is 7.11. The molecule has 0 heterocycles. The number of rotatable bonds is 3. The van der Waals surface area contributed by atoms with E-state index in [4.69, 9.17) is 11.1 Å². The second-order valence-corrected chi connectivity index (χ2v) is 2.20. The maximum absolute atomic E-state index is 10.3. The summed E-state index contributed by atoms with van der Waals surface area (Å²) >= 11 is 1.23. The Hall–Kier alpha value is -0.730. The lowest BCUT2D eigenvalue weighted by atomic mass is 10.7. The van der Waals surface area contributed by atoms with E-state index in [1.807, 2.05) is 11.5 Å². The van der Waals surface area contributed by atoms with E-state index in [-0.39, 0.29) is 11.7 Å². The molecule has 0 rings (SSSR count). The highest BCUT2D eigenvalue weighted by Crippen LogP contribution is 1.95. The maximum Gasteiger partial charge on any atom is 0.243 e. The summed E-state index contributed by atoms with van der Waals surface area (Å²) in [5, 5.41) is 8.02. The third-order valence-corrected chi connectivity index (χ3v) is 1.36. The molecule has 0 aromatic heterocycles. The van der Waals surface area contributed by atoms with Crippen LogP contribution >= 0.6 is 11.8 Å². The molecule has 1 amide bonds. The monoisotopic (exact) mass is 145 g/mol. The molecule has 4 nitrogen and oxygen atoms in total. The van der Waals surface area contributed by atoms with E-state index in [1.165, 1.54) is 11.8 Å². The number of carbonyl (C=O) groups is 1. The molecule has 0 fully saturated rings. The summed E-state index contributed by atoms with van der Waals surface area (Å²) in [5.41, 5.74) is 1.95. The number of thioether (sulfide) groups is 1. The summed E-state index contributed by atoms with van der Waals surface area (Å²) in [7, 11) is 0. The van der Waals surface area contributed by atoms with Crippen molar-refractivity contribution >= 4 is 17.7 Å². The van der Waals surface area contributed by atoms with Crippen LogP contribution in [0.4, 0.5) is 0 Å². The molecule has 0 aliphatic rings. The predicted molar refractivity (Wildman–Crippen MR) is 35.3 cm³/mol. The van der Waals surface area contributed by atoms with E-state index in [9.17, 15) is 4.79 Å². The Morgan fingerprint density at radius 1 is 1.89 bits per heavy atom. The molecular formula is C4H7N3OS. The van der Waals surface area contributed by atoms with Crippen molar-refractivity contribution in [3.8, 4) is 6.07 Å². The quantitative estimate of drug-likeness (QED) is 0.236. The standard InChI is InChI=1S/C4H7N3OS/c5-1-2-9-3-4(8)7-6/h2-3,6H2,(H,7,8). The van der Waals surface area contributed by atoms with Crippen molar-refractivity contribution in [2.45, 2.75) is 0 Å². The first kappa shape index (κ1) is 8.27. The van der Waals surface area contributed by atoms with Gasteiger partial charge in [-0.1, -0.05) is 0 Å². The molecule has 0 saturated heterocycles. The van der Waals surface area contributed by atoms with Crippen molar-refractivity contribution in [3.63, 3.8) is 0 Å². The number of hydrazine groups is 1. The maximum atomic E-state index is 10.3. The first-order valence-corrected chi connectivity index (χ1v) is 3.41. The number of amides is 1. The molecule has 0 aliphatic heterocycles. The third kappa shape index (κ3) is 5.14. The Morgan fingerprint density at radius 3 is 3.00 bits per heavy atom. The van der Waals surface area contributed by atoms with Gasteiger partial charge in [0.05, 0.1) is 17.6 Å². The normalized spacial score (nSPS) is 8.00. The lowest BCUT2D eigenvalue weighted by Crippen LogP contribution is -2.31. The molecular weight excluding hydrogens is 138 g/mol. The van der Waals surface area contributed by atoms with E-state index >= 15 is 0 Å². The van der Waals surface area contributed by atoms with Crippen molar-refractivity contribution in [2.24, 2.45) is 5.84 Å². The average molecular weight is 145 g/mol. The number of nitrogens with zero attached hydrogens (tertiary/aromatic N) is 1. The van der Waals surface area contributed by atoms with Gasteiger partial charge in [0.25, 0.3) is 0 Å². The molecule has 50 valence electrons.